The van der Waals surface area contributed by atoms with E-state index >= 15 is 0 Å². The summed E-state index contributed by atoms with van der Waals surface area (Å²) in [5.74, 6) is 1.70. The van der Waals surface area contributed by atoms with Crippen LogP contribution in [0.5, 0.6) is 5.75 Å². The minimum absolute atomic E-state index is 0. The highest BCUT2D eigenvalue weighted by atomic mass is 127. The molecule has 0 radical (unpaired) electrons. The number of aliphatic imine (C=N–C) groups is 1. The molecular weight excluding hydrogens is 507 g/mol. The summed E-state index contributed by atoms with van der Waals surface area (Å²) in [6.45, 7) is 2.57. The third-order valence-electron chi connectivity index (χ3n) is 4.97. The van der Waals surface area contributed by atoms with Crippen LogP contribution in [0.4, 0.5) is 5.69 Å². The number of methoxy groups -OCH3 is 1. The number of hydrogen-bond acceptors (Lipinski definition) is 4. The van der Waals surface area contributed by atoms with Gasteiger partial charge in [-0.25, -0.2) is 0 Å². The van der Waals surface area contributed by atoms with Crippen LogP contribution in [0.2, 0.25) is 0 Å². The van der Waals surface area contributed by atoms with E-state index in [1.807, 2.05) is 42.5 Å². The van der Waals surface area contributed by atoms with Crippen molar-refractivity contribution >= 4 is 41.5 Å². The number of fused-ring (bicyclic) bond motifs is 1. The van der Waals surface area contributed by atoms with Crippen LogP contribution in [-0.2, 0) is 16.1 Å². The molecule has 1 heterocycles. The molecule has 3 rings (SSSR count). The molecule has 0 saturated carbocycles. The van der Waals surface area contributed by atoms with E-state index in [4.69, 9.17) is 9.47 Å². The fourth-order valence-corrected chi connectivity index (χ4v) is 3.45. The Balaban J connectivity index is 0.00000341. The fourth-order valence-electron chi connectivity index (χ4n) is 3.45. The Morgan fingerprint density at radius 1 is 1.16 bits per heavy atom. The second kappa shape index (κ2) is 13.2. The zero-order valence-electron chi connectivity index (χ0n) is 18.0. The van der Waals surface area contributed by atoms with Crippen LogP contribution in [0, 0.1) is 0 Å². The number of hydrogen-bond donors (Lipinski definition) is 3. The van der Waals surface area contributed by atoms with Crippen molar-refractivity contribution in [3.8, 4) is 5.75 Å². The Labute approximate surface area is 201 Å². The summed E-state index contributed by atoms with van der Waals surface area (Å²) in [7, 11) is 3.43. The average molecular weight is 538 g/mol. The third-order valence-corrected chi connectivity index (χ3v) is 4.97. The molecule has 2 aromatic rings. The molecular formula is C23H31IN4O3. The Morgan fingerprint density at radius 3 is 2.81 bits per heavy atom. The van der Waals surface area contributed by atoms with Gasteiger partial charge >= 0.3 is 0 Å². The molecule has 0 bridgehead atoms. The second-order valence-corrected chi connectivity index (χ2v) is 7.19. The van der Waals surface area contributed by atoms with Crippen LogP contribution in [-0.4, -0.2) is 45.8 Å². The van der Waals surface area contributed by atoms with Crippen LogP contribution >= 0.6 is 24.0 Å². The van der Waals surface area contributed by atoms with Gasteiger partial charge in [-0.1, -0.05) is 30.3 Å². The van der Waals surface area contributed by atoms with Gasteiger partial charge in [0.1, 0.15) is 5.75 Å². The van der Waals surface area contributed by atoms with Gasteiger partial charge in [0, 0.05) is 58.3 Å². The van der Waals surface area contributed by atoms with Crippen LogP contribution in [0.1, 0.15) is 29.9 Å². The van der Waals surface area contributed by atoms with E-state index in [9.17, 15) is 4.79 Å². The molecule has 8 heteroatoms. The normalized spacial score (nSPS) is 15.4. The summed E-state index contributed by atoms with van der Waals surface area (Å²) in [4.78, 5) is 16.3. The van der Waals surface area contributed by atoms with E-state index in [-0.39, 0.29) is 35.8 Å². The van der Waals surface area contributed by atoms with Crippen LogP contribution < -0.4 is 20.7 Å². The maximum atomic E-state index is 12.0. The Morgan fingerprint density at radius 2 is 2.00 bits per heavy atom. The molecule has 1 atom stereocenters. The van der Waals surface area contributed by atoms with Crippen molar-refractivity contribution in [3.05, 3.63) is 59.7 Å². The third kappa shape index (κ3) is 7.70. The highest BCUT2D eigenvalue weighted by molar-refractivity contribution is 14.0. The van der Waals surface area contributed by atoms with Crippen LogP contribution in [0.3, 0.4) is 0 Å². The van der Waals surface area contributed by atoms with Gasteiger partial charge in [-0.05, 0) is 29.3 Å². The lowest BCUT2D eigenvalue weighted by Crippen LogP contribution is -2.40. The van der Waals surface area contributed by atoms with E-state index < -0.39 is 0 Å². The number of amides is 1. The molecule has 0 aliphatic carbocycles. The molecule has 3 N–H and O–H groups in total. The van der Waals surface area contributed by atoms with Crippen molar-refractivity contribution in [1.29, 1.82) is 0 Å². The summed E-state index contributed by atoms with van der Waals surface area (Å²) in [6.07, 6.45) is 1.32. The zero-order chi connectivity index (χ0) is 21.2. The smallest absolute Gasteiger partial charge is 0.225 e. The second-order valence-electron chi connectivity index (χ2n) is 7.19. The van der Waals surface area contributed by atoms with Gasteiger partial charge in [0.2, 0.25) is 5.91 Å². The first-order valence-electron chi connectivity index (χ1n) is 10.2. The minimum Gasteiger partial charge on any atom is -0.493 e. The maximum Gasteiger partial charge on any atom is 0.225 e. The highest BCUT2D eigenvalue weighted by Crippen LogP contribution is 2.31. The fraction of sp³-hybridized carbons (Fsp3) is 0.391. The summed E-state index contributed by atoms with van der Waals surface area (Å²) in [6, 6.07) is 15.9. The number of halogens is 1. The minimum atomic E-state index is 0. The molecule has 0 fully saturated rings. The molecule has 7 nitrogen and oxygen atoms in total. The number of benzene rings is 2. The Bertz CT molecular complexity index is 875. The Hall–Kier alpha value is -2.33. The molecule has 1 aliphatic rings. The highest BCUT2D eigenvalue weighted by Gasteiger charge is 2.24. The molecule has 1 amide bonds. The molecule has 168 valence electrons. The largest absolute Gasteiger partial charge is 0.493 e. The van der Waals surface area contributed by atoms with Gasteiger partial charge in [-0.3, -0.25) is 9.79 Å². The number of nitrogens with one attached hydrogen (secondary N) is 3. The number of guanidine groups is 1. The monoisotopic (exact) mass is 538 g/mol. The van der Waals surface area contributed by atoms with Gasteiger partial charge in [0.15, 0.2) is 5.96 Å². The molecule has 2 aromatic carbocycles. The number of para-hydroxylation sites is 1. The van der Waals surface area contributed by atoms with Crippen LogP contribution in [0.15, 0.2) is 53.5 Å². The predicted octanol–water partition coefficient (Wildman–Crippen LogP) is 3.51. The molecule has 0 spiro atoms. The van der Waals surface area contributed by atoms with Gasteiger partial charge in [-0.2, -0.15) is 0 Å². The van der Waals surface area contributed by atoms with Gasteiger partial charge < -0.3 is 25.4 Å². The van der Waals surface area contributed by atoms with E-state index in [1.165, 1.54) is 0 Å². The first kappa shape index (κ1) is 24.9. The average Bonchev–Trinajstić information content (AvgIpc) is 2.77. The number of carbonyl (C=O) groups is 1. The molecule has 1 unspecified atom stereocenters. The number of anilines is 1. The summed E-state index contributed by atoms with van der Waals surface area (Å²) in [5, 5.41) is 9.61. The van der Waals surface area contributed by atoms with Crippen molar-refractivity contribution in [2.45, 2.75) is 25.3 Å². The van der Waals surface area contributed by atoms with Crippen molar-refractivity contribution in [2.24, 2.45) is 4.99 Å². The van der Waals surface area contributed by atoms with Gasteiger partial charge in [0.25, 0.3) is 0 Å². The summed E-state index contributed by atoms with van der Waals surface area (Å²) < 4.78 is 10.8. The first-order chi connectivity index (χ1) is 14.7. The molecule has 31 heavy (non-hydrogen) atoms. The van der Waals surface area contributed by atoms with E-state index in [0.29, 0.717) is 38.7 Å². The summed E-state index contributed by atoms with van der Waals surface area (Å²) in [5.41, 5.74) is 3.15. The predicted molar refractivity (Wildman–Crippen MR) is 134 cm³/mol. The van der Waals surface area contributed by atoms with Crippen LogP contribution in [0.25, 0.3) is 0 Å². The molecule has 0 aromatic heterocycles. The number of carbonyl (C=O) groups excluding carboxylic acids is 1. The van der Waals surface area contributed by atoms with E-state index in [2.05, 4.69) is 27.0 Å². The quantitative estimate of drug-likeness (QED) is 0.197. The number of nitrogens with zero attached hydrogens (tertiary/aromatic N) is 1. The maximum absolute atomic E-state index is 12.0. The molecule has 1 aliphatic heterocycles. The SMILES string of the molecule is CN=C(NCc1cccc(OCCCOC)c1)NCC1CC(=O)Nc2ccccc21.I. The van der Waals surface area contributed by atoms with Crippen molar-refractivity contribution in [1.82, 2.24) is 10.6 Å². The topological polar surface area (TPSA) is 84.0 Å². The lowest BCUT2D eigenvalue weighted by molar-refractivity contribution is -0.116. The number of ether oxygens (including phenoxy) is 2. The van der Waals surface area contributed by atoms with E-state index in [0.717, 1.165) is 29.0 Å². The van der Waals surface area contributed by atoms with Gasteiger partial charge in [0.05, 0.1) is 6.61 Å². The number of rotatable bonds is 9. The van der Waals surface area contributed by atoms with Gasteiger partial charge in [-0.15, -0.1) is 24.0 Å². The Kier molecular flexibility index (Phi) is 10.6. The van der Waals surface area contributed by atoms with Crippen molar-refractivity contribution in [3.63, 3.8) is 0 Å². The first-order valence-corrected chi connectivity index (χ1v) is 10.2. The lowest BCUT2D eigenvalue weighted by atomic mass is 9.90. The summed E-state index contributed by atoms with van der Waals surface area (Å²) >= 11 is 0. The zero-order valence-corrected chi connectivity index (χ0v) is 20.3. The lowest BCUT2D eigenvalue weighted by Gasteiger charge is -2.26. The standard InChI is InChI=1S/C23H30N4O3.HI/c1-24-23(25-15-17-7-5-8-19(13-17)30-12-6-11-29-2)26-16-18-14-22(28)27-21-10-4-3-9-20(18)21;/h3-5,7-10,13,18H,6,11-12,14-16H2,1-2H3,(H,27,28)(H2,24,25,26);1H. The molecule has 0 saturated heterocycles. The van der Waals surface area contributed by atoms with Crippen molar-refractivity contribution in [2.75, 3.05) is 39.2 Å². The van der Waals surface area contributed by atoms with E-state index in [1.54, 1.807) is 14.2 Å². The van der Waals surface area contributed by atoms with Crippen molar-refractivity contribution < 1.29 is 14.3 Å².